The number of rotatable bonds is 10. The number of likely N-dealkylation sites (tertiary alicyclic amines) is 1. The highest BCUT2D eigenvalue weighted by atomic mass is 32.2. The van der Waals surface area contributed by atoms with E-state index in [0.29, 0.717) is 9.88 Å². The molecule has 53 heavy (non-hydrogen) atoms. The molecule has 13 heteroatoms. The fourth-order valence-electron chi connectivity index (χ4n) is 5.69. The van der Waals surface area contributed by atoms with Crippen molar-refractivity contribution in [1.82, 2.24) is 4.90 Å². The highest BCUT2D eigenvalue weighted by Crippen LogP contribution is 2.34. The summed E-state index contributed by atoms with van der Waals surface area (Å²) in [6, 6.07) is 33.0. The molecule has 4 atom stereocenters. The fraction of sp³-hybridized carbons (Fsp3) is 0.250. The molecule has 11 nitrogen and oxygen atoms in total. The van der Waals surface area contributed by atoms with Crippen LogP contribution in [0.2, 0.25) is 0 Å². The molecule has 6 rings (SSSR count). The SMILES string of the molecule is O=C(OC[C@H]1O[C@@H](SC(=S)N2CCCCC2)/C(=N\OC(=O)c2ccccc2)[C@H](OC(=O)c2ccccc2)[C@@H]1OC(=O)c1ccccc1)c1ccccc1. The number of ether oxygens (including phenoxy) is 4. The third kappa shape index (κ3) is 9.95. The summed E-state index contributed by atoms with van der Waals surface area (Å²) in [5.41, 5.74) is -0.295. The van der Waals surface area contributed by atoms with Crippen LogP contribution in [0.15, 0.2) is 126 Å². The normalized spacial score (nSPS) is 20.5. The fourth-order valence-corrected chi connectivity index (χ4v) is 7.14. The molecular weight excluding hydrogens is 717 g/mol. The van der Waals surface area contributed by atoms with Crippen molar-refractivity contribution >= 4 is 57.9 Å². The van der Waals surface area contributed by atoms with Crippen molar-refractivity contribution in [1.29, 1.82) is 0 Å². The van der Waals surface area contributed by atoms with Gasteiger partial charge in [-0.1, -0.05) is 102 Å². The molecule has 0 aliphatic carbocycles. The summed E-state index contributed by atoms with van der Waals surface area (Å²) in [6.45, 7) is 1.05. The predicted octanol–water partition coefficient (Wildman–Crippen LogP) is 6.74. The first-order chi connectivity index (χ1) is 25.9. The van der Waals surface area contributed by atoms with Crippen LogP contribution in [0.1, 0.15) is 60.7 Å². The minimum absolute atomic E-state index is 0.0839. The van der Waals surface area contributed by atoms with Gasteiger partial charge in [0, 0.05) is 13.1 Å². The number of hydrogen-bond donors (Lipinski definition) is 0. The van der Waals surface area contributed by atoms with E-state index in [1.54, 1.807) is 121 Å². The van der Waals surface area contributed by atoms with Gasteiger partial charge < -0.3 is 28.7 Å². The van der Waals surface area contributed by atoms with E-state index in [0.717, 1.165) is 44.1 Å². The van der Waals surface area contributed by atoms with Crippen LogP contribution in [-0.4, -0.2) is 82.3 Å². The molecule has 0 unspecified atom stereocenters. The van der Waals surface area contributed by atoms with Gasteiger partial charge in [0.15, 0.2) is 17.6 Å². The maximum Gasteiger partial charge on any atom is 0.365 e. The van der Waals surface area contributed by atoms with Crippen molar-refractivity contribution in [2.75, 3.05) is 19.7 Å². The van der Waals surface area contributed by atoms with E-state index in [9.17, 15) is 19.2 Å². The number of piperidine rings is 1. The number of carbonyl (C=O) groups is 4. The van der Waals surface area contributed by atoms with E-state index in [2.05, 4.69) is 5.16 Å². The van der Waals surface area contributed by atoms with Crippen molar-refractivity contribution < 1.29 is 43.0 Å². The van der Waals surface area contributed by atoms with Crippen molar-refractivity contribution in [2.45, 2.75) is 43.0 Å². The zero-order valence-corrected chi connectivity index (χ0v) is 30.1. The summed E-state index contributed by atoms with van der Waals surface area (Å²) >= 11 is 6.96. The highest BCUT2D eigenvalue weighted by Gasteiger charge is 2.50. The second-order valence-corrected chi connectivity index (χ2v) is 13.8. The van der Waals surface area contributed by atoms with Gasteiger partial charge in [0.25, 0.3) is 0 Å². The number of esters is 3. The maximum atomic E-state index is 13.8. The molecule has 0 amide bonds. The van der Waals surface area contributed by atoms with Crippen LogP contribution in [0, 0.1) is 0 Å². The molecule has 2 saturated heterocycles. The van der Waals surface area contributed by atoms with Crippen LogP contribution in [0.25, 0.3) is 0 Å². The van der Waals surface area contributed by atoms with Gasteiger partial charge in [-0.15, -0.1) is 0 Å². The first-order valence-electron chi connectivity index (χ1n) is 17.1. The number of thioether (sulfide) groups is 1. The first kappa shape index (κ1) is 37.4. The Labute approximate surface area is 316 Å². The van der Waals surface area contributed by atoms with Crippen LogP contribution in [0.5, 0.6) is 0 Å². The zero-order valence-electron chi connectivity index (χ0n) is 28.5. The van der Waals surface area contributed by atoms with Crippen LogP contribution in [-0.2, 0) is 23.8 Å². The van der Waals surface area contributed by atoms with Gasteiger partial charge in [0.1, 0.15) is 22.7 Å². The Balaban J connectivity index is 1.40. The van der Waals surface area contributed by atoms with Crippen LogP contribution in [0.4, 0.5) is 0 Å². The molecule has 0 aromatic heterocycles. The number of hydrogen-bond acceptors (Lipinski definition) is 12. The lowest BCUT2D eigenvalue weighted by molar-refractivity contribution is -0.120. The minimum Gasteiger partial charge on any atom is -0.459 e. The van der Waals surface area contributed by atoms with Crippen molar-refractivity contribution in [3.63, 3.8) is 0 Å². The summed E-state index contributed by atoms with van der Waals surface area (Å²) in [5, 5.41) is 4.24. The lowest BCUT2D eigenvalue weighted by Crippen LogP contribution is -2.59. The second-order valence-electron chi connectivity index (χ2n) is 12.1. The van der Waals surface area contributed by atoms with Gasteiger partial charge >= 0.3 is 23.9 Å². The first-order valence-corrected chi connectivity index (χ1v) is 18.4. The summed E-state index contributed by atoms with van der Waals surface area (Å²) in [6.07, 6.45) is -1.14. The van der Waals surface area contributed by atoms with Gasteiger partial charge in [-0.25, -0.2) is 19.2 Å². The third-order valence-electron chi connectivity index (χ3n) is 8.45. The standard InChI is InChI=1S/C40H36N2O9S2/c43-35(27-16-6-1-7-17-27)47-26-31-33(49-36(44)28-18-8-2-9-19-28)34(50-37(45)29-20-10-3-11-21-29)32(41-51-38(46)30-22-12-4-13-23-30)39(48-31)53-40(52)42-24-14-5-15-25-42/h1-4,6-13,16-23,31,33-34,39H,5,14-15,24-26H2/b41-32-/t31-,33-,34+,39+/m1/s1. The van der Waals surface area contributed by atoms with Gasteiger partial charge in [0.05, 0.1) is 22.3 Å². The van der Waals surface area contributed by atoms with E-state index in [4.69, 9.17) is 36.0 Å². The monoisotopic (exact) mass is 752 g/mol. The summed E-state index contributed by atoms with van der Waals surface area (Å²) in [5.74, 6) is -2.98. The van der Waals surface area contributed by atoms with E-state index < -0.39 is 54.2 Å². The topological polar surface area (TPSA) is 130 Å². The van der Waals surface area contributed by atoms with Crippen molar-refractivity contribution in [3.8, 4) is 0 Å². The number of thiocarbonyl (C=S) groups is 1. The smallest absolute Gasteiger partial charge is 0.365 e. The summed E-state index contributed by atoms with van der Waals surface area (Å²) in [4.78, 5) is 61.2. The average Bonchev–Trinajstić information content (AvgIpc) is 3.22. The number of carbonyl (C=O) groups excluding carboxylic acids is 4. The number of benzene rings is 4. The number of nitrogens with zero attached hydrogens (tertiary/aromatic N) is 2. The lowest BCUT2D eigenvalue weighted by atomic mass is 9.99. The van der Waals surface area contributed by atoms with E-state index >= 15 is 0 Å². The molecule has 0 spiro atoms. The predicted molar refractivity (Wildman–Crippen MR) is 202 cm³/mol. The molecule has 4 aromatic rings. The van der Waals surface area contributed by atoms with Crippen LogP contribution >= 0.6 is 24.0 Å². The second kappa shape index (κ2) is 18.4. The van der Waals surface area contributed by atoms with Crippen molar-refractivity contribution in [2.24, 2.45) is 5.16 Å². The molecule has 0 bridgehead atoms. The summed E-state index contributed by atoms with van der Waals surface area (Å²) in [7, 11) is 0. The molecule has 0 saturated carbocycles. The lowest BCUT2D eigenvalue weighted by Gasteiger charge is -2.41. The Morgan fingerprint density at radius 2 is 1.13 bits per heavy atom. The Morgan fingerprint density at radius 3 is 1.66 bits per heavy atom. The van der Waals surface area contributed by atoms with Crippen molar-refractivity contribution in [3.05, 3.63) is 144 Å². The Bertz CT molecular complexity index is 1910. The molecule has 0 N–H and O–H groups in total. The van der Waals surface area contributed by atoms with Gasteiger partial charge in [-0.2, -0.15) is 0 Å². The quantitative estimate of drug-likeness (QED) is 0.0560. The highest BCUT2D eigenvalue weighted by molar-refractivity contribution is 8.23. The minimum atomic E-state index is -1.49. The molecule has 2 aliphatic rings. The molecule has 2 aliphatic heterocycles. The van der Waals surface area contributed by atoms with Gasteiger partial charge in [0.2, 0.25) is 0 Å². The molecule has 2 fully saturated rings. The van der Waals surface area contributed by atoms with E-state index in [1.165, 1.54) is 0 Å². The Hall–Kier alpha value is -5.37. The molecule has 272 valence electrons. The molecule has 2 heterocycles. The van der Waals surface area contributed by atoms with Gasteiger partial charge in [-0.3, -0.25) is 0 Å². The number of oxime groups is 1. The summed E-state index contributed by atoms with van der Waals surface area (Å²) < 4.78 is 24.9. The Kier molecular flexibility index (Phi) is 13.0. The van der Waals surface area contributed by atoms with E-state index in [1.807, 2.05) is 4.90 Å². The molecular formula is C40H36N2O9S2. The maximum absolute atomic E-state index is 13.8. The average molecular weight is 753 g/mol. The van der Waals surface area contributed by atoms with Crippen LogP contribution in [0.3, 0.4) is 0 Å². The van der Waals surface area contributed by atoms with Crippen LogP contribution < -0.4 is 0 Å². The Morgan fingerprint density at radius 1 is 0.660 bits per heavy atom. The zero-order chi connectivity index (χ0) is 37.0. The molecule has 4 aromatic carbocycles. The largest absolute Gasteiger partial charge is 0.459 e. The van der Waals surface area contributed by atoms with Gasteiger partial charge in [-0.05, 0) is 67.8 Å². The van der Waals surface area contributed by atoms with E-state index in [-0.39, 0.29) is 22.4 Å². The molecule has 0 radical (unpaired) electrons. The third-order valence-corrected chi connectivity index (χ3v) is 10.0.